The van der Waals surface area contributed by atoms with Gasteiger partial charge in [-0.3, -0.25) is 0 Å². The highest BCUT2D eigenvalue weighted by atomic mass is 32.1. The molecule has 0 amide bonds. The molecular weight excluding hydrogens is 216 g/mol. The minimum absolute atomic E-state index is 0.623. The van der Waals surface area contributed by atoms with Gasteiger partial charge in [0.15, 0.2) is 0 Å². The fourth-order valence-electron chi connectivity index (χ4n) is 1.77. The average Bonchev–Trinajstić information content (AvgIpc) is 2.31. The second kappa shape index (κ2) is 5.19. The van der Waals surface area contributed by atoms with Crippen LogP contribution in [0.5, 0.6) is 0 Å². The molecule has 2 rings (SSSR count). The summed E-state index contributed by atoms with van der Waals surface area (Å²) < 4.78 is 5.20. The Morgan fingerprint density at radius 1 is 0.938 bits per heavy atom. The van der Waals surface area contributed by atoms with Crippen molar-refractivity contribution in [3.8, 4) is 11.1 Å². The summed E-state index contributed by atoms with van der Waals surface area (Å²) in [7, 11) is 1.71. The van der Waals surface area contributed by atoms with Crippen LogP contribution in [0.25, 0.3) is 11.1 Å². The van der Waals surface area contributed by atoms with Crippen molar-refractivity contribution in [1.82, 2.24) is 0 Å². The quantitative estimate of drug-likeness (QED) is 0.789. The van der Waals surface area contributed by atoms with Gasteiger partial charge in [0.2, 0.25) is 0 Å². The van der Waals surface area contributed by atoms with Crippen molar-refractivity contribution in [2.75, 3.05) is 7.11 Å². The van der Waals surface area contributed by atoms with E-state index in [0.29, 0.717) is 6.61 Å². The number of methoxy groups -OCH3 is 1. The molecule has 1 nitrogen and oxygen atoms in total. The Hall–Kier alpha value is -1.25. The second-order valence-corrected chi connectivity index (χ2v) is 4.09. The topological polar surface area (TPSA) is 9.23 Å². The third-order valence-electron chi connectivity index (χ3n) is 2.51. The fraction of sp³-hybridized carbons (Fsp3) is 0.143. The van der Waals surface area contributed by atoms with E-state index in [1.807, 2.05) is 30.3 Å². The van der Waals surface area contributed by atoms with Crippen LogP contribution in [0.3, 0.4) is 0 Å². The van der Waals surface area contributed by atoms with Crippen LogP contribution in [-0.2, 0) is 11.3 Å². The summed E-state index contributed by atoms with van der Waals surface area (Å²) in [5.74, 6) is 0. The van der Waals surface area contributed by atoms with E-state index < -0.39 is 0 Å². The standard InChI is InChI=1S/C14H14OS/c1-15-10-11-6-2-3-7-12(11)13-8-4-5-9-14(13)16/h2-9,16H,10H2,1H3. The van der Waals surface area contributed by atoms with E-state index in [2.05, 4.69) is 30.8 Å². The molecule has 2 aromatic rings. The van der Waals surface area contributed by atoms with Crippen molar-refractivity contribution in [3.63, 3.8) is 0 Å². The van der Waals surface area contributed by atoms with Gasteiger partial charge in [0.25, 0.3) is 0 Å². The fourth-order valence-corrected chi connectivity index (χ4v) is 2.05. The van der Waals surface area contributed by atoms with Gasteiger partial charge < -0.3 is 4.74 Å². The molecule has 0 radical (unpaired) electrons. The van der Waals surface area contributed by atoms with Crippen molar-refractivity contribution in [2.24, 2.45) is 0 Å². The van der Waals surface area contributed by atoms with Gasteiger partial charge in [-0.05, 0) is 22.8 Å². The van der Waals surface area contributed by atoms with Gasteiger partial charge in [0, 0.05) is 12.0 Å². The Morgan fingerprint density at radius 3 is 2.25 bits per heavy atom. The maximum absolute atomic E-state index is 5.20. The summed E-state index contributed by atoms with van der Waals surface area (Å²) in [4.78, 5) is 0.992. The lowest BCUT2D eigenvalue weighted by molar-refractivity contribution is 0.185. The molecule has 0 aliphatic heterocycles. The number of hydrogen-bond donors (Lipinski definition) is 1. The molecule has 82 valence electrons. The van der Waals surface area contributed by atoms with Gasteiger partial charge in [-0.1, -0.05) is 42.5 Å². The van der Waals surface area contributed by atoms with Crippen LogP contribution in [0.2, 0.25) is 0 Å². The predicted octanol–water partition coefficient (Wildman–Crippen LogP) is 3.79. The first-order valence-electron chi connectivity index (χ1n) is 5.18. The van der Waals surface area contributed by atoms with Crippen molar-refractivity contribution in [2.45, 2.75) is 11.5 Å². The molecule has 0 saturated heterocycles. The summed E-state index contributed by atoms with van der Waals surface area (Å²) in [6, 6.07) is 16.3. The van der Waals surface area contributed by atoms with E-state index in [9.17, 15) is 0 Å². The number of ether oxygens (including phenoxy) is 1. The molecule has 0 N–H and O–H groups in total. The number of benzene rings is 2. The largest absolute Gasteiger partial charge is 0.380 e. The van der Waals surface area contributed by atoms with E-state index in [1.54, 1.807) is 7.11 Å². The van der Waals surface area contributed by atoms with Crippen LogP contribution in [0.4, 0.5) is 0 Å². The molecule has 0 bridgehead atoms. The zero-order valence-corrected chi connectivity index (χ0v) is 10.1. The molecule has 0 spiro atoms. The SMILES string of the molecule is COCc1ccccc1-c1ccccc1S. The monoisotopic (exact) mass is 230 g/mol. The smallest absolute Gasteiger partial charge is 0.0719 e. The molecule has 0 saturated carbocycles. The van der Waals surface area contributed by atoms with Crippen LogP contribution >= 0.6 is 12.6 Å². The van der Waals surface area contributed by atoms with Gasteiger partial charge in [-0.2, -0.15) is 0 Å². The lowest BCUT2D eigenvalue weighted by Crippen LogP contribution is -1.92. The van der Waals surface area contributed by atoms with Crippen molar-refractivity contribution in [1.29, 1.82) is 0 Å². The Bertz CT molecular complexity index is 480. The van der Waals surface area contributed by atoms with Crippen molar-refractivity contribution >= 4 is 12.6 Å². The van der Waals surface area contributed by atoms with Crippen molar-refractivity contribution in [3.05, 3.63) is 54.1 Å². The average molecular weight is 230 g/mol. The molecular formula is C14H14OS. The van der Waals surface area contributed by atoms with E-state index >= 15 is 0 Å². The highest BCUT2D eigenvalue weighted by molar-refractivity contribution is 7.80. The summed E-state index contributed by atoms with van der Waals surface area (Å²) in [5, 5.41) is 0. The Kier molecular flexibility index (Phi) is 3.65. The Morgan fingerprint density at radius 2 is 1.56 bits per heavy atom. The highest BCUT2D eigenvalue weighted by Crippen LogP contribution is 2.29. The van der Waals surface area contributed by atoms with E-state index in [0.717, 1.165) is 10.5 Å². The van der Waals surface area contributed by atoms with E-state index in [1.165, 1.54) is 11.1 Å². The third-order valence-corrected chi connectivity index (χ3v) is 2.90. The first-order chi connectivity index (χ1) is 7.83. The molecule has 0 atom stereocenters. The molecule has 16 heavy (non-hydrogen) atoms. The minimum atomic E-state index is 0.623. The van der Waals surface area contributed by atoms with Crippen LogP contribution < -0.4 is 0 Å². The van der Waals surface area contributed by atoms with Crippen LogP contribution in [0.15, 0.2) is 53.4 Å². The molecule has 0 heterocycles. The van der Waals surface area contributed by atoms with E-state index in [4.69, 9.17) is 4.74 Å². The van der Waals surface area contributed by atoms with Gasteiger partial charge >= 0.3 is 0 Å². The zero-order chi connectivity index (χ0) is 11.4. The maximum Gasteiger partial charge on any atom is 0.0719 e. The first kappa shape index (κ1) is 11.2. The van der Waals surface area contributed by atoms with Crippen LogP contribution in [-0.4, -0.2) is 7.11 Å². The second-order valence-electron chi connectivity index (χ2n) is 3.61. The summed E-state index contributed by atoms with van der Waals surface area (Å²) in [6.07, 6.45) is 0. The lowest BCUT2D eigenvalue weighted by Gasteiger charge is -2.10. The predicted molar refractivity (Wildman–Crippen MR) is 69.8 cm³/mol. The molecule has 0 aromatic heterocycles. The molecule has 0 unspecified atom stereocenters. The summed E-state index contributed by atoms with van der Waals surface area (Å²) in [5.41, 5.74) is 3.53. The number of rotatable bonds is 3. The Balaban J connectivity index is 2.51. The van der Waals surface area contributed by atoms with Crippen LogP contribution in [0, 0.1) is 0 Å². The van der Waals surface area contributed by atoms with Gasteiger partial charge in [-0.15, -0.1) is 12.6 Å². The molecule has 0 fully saturated rings. The molecule has 0 aliphatic carbocycles. The van der Waals surface area contributed by atoms with Gasteiger partial charge in [-0.25, -0.2) is 0 Å². The number of thiol groups is 1. The van der Waals surface area contributed by atoms with Crippen LogP contribution in [0.1, 0.15) is 5.56 Å². The normalized spacial score (nSPS) is 10.4. The minimum Gasteiger partial charge on any atom is -0.380 e. The molecule has 0 aliphatic rings. The Labute approximate surface area is 101 Å². The zero-order valence-electron chi connectivity index (χ0n) is 9.18. The summed E-state index contributed by atoms with van der Waals surface area (Å²) in [6.45, 7) is 0.623. The lowest BCUT2D eigenvalue weighted by atomic mass is 10.0. The van der Waals surface area contributed by atoms with Gasteiger partial charge in [0.05, 0.1) is 6.61 Å². The maximum atomic E-state index is 5.20. The molecule has 2 heteroatoms. The van der Waals surface area contributed by atoms with Crippen molar-refractivity contribution < 1.29 is 4.74 Å². The molecule has 2 aromatic carbocycles. The van der Waals surface area contributed by atoms with Gasteiger partial charge in [0.1, 0.15) is 0 Å². The summed E-state index contributed by atoms with van der Waals surface area (Å²) >= 11 is 4.48. The first-order valence-corrected chi connectivity index (χ1v) is 5.63. The highest BCUT2D eigenvalue weighted by Gasteiger charge is 2.06. The third kappa shape index (κ3) is 2.29. The van der Waals surface area contributed by atoms with E-state index in [-0.39, 0.29) is 0 Å². The number of hydrogen-bond acceptors (Lipinski definition) is 2.